The number of anilines is 1. The Morgan fingerprint density at radius 1 is 1.26 bits per heavy atom. The maximum atomic E-state index is 12.3. The summed E-state index contributed by atoms with van der Waals surface area (Å²) in [4.78, 5) is 18.6. The van der Waals surface area contributed by atoms with Gasteiger partial charge in [0, 0.05) is 24.8 Å². The van der Waals surface area contributed by atoms with Crippen LogP contribution in [0.3, 0.4) is 0 Å². The van der Waals surface area contributed by atoms with Crippen LogP contribution in [0.1, 0.15) is 25.1 Å². The highest BCUT2D eigenvalue weighted by molar-refractivity contribution is 6.30. The normalized spacial score (nSPS) is 10.8. The molecule has 2 amide bonds. The molecule has 3 aromatic rings. The van der Waals surface area contributed by atoms with Crippen molar-refractivity contribution in [2.24, 2.45) is 0 Å². The van der Waals surface area contributed by atoms with Crippen LogP contribution in [0.4, 0.5) is 10.6 Å². The molecule has 0 unspecified atom stereocenters. The molecule has 0 spiro atoms. The summed E-state index contributed by atoms with van der Waals surface area (Å²) in [6, 6.07) is 11.1. The summed E-state index contributed by atoms with van der Waals surface area (Å²) in [7, 11) is 1.74. The zero-order chi connectivity index (χ0) is 19.4. The Balaban J connectivity index is 1.94. The number of amides is 2. The number of aromatic nitrogens is 2. The molecule has 7 heteroatoms. The predicted octanol–water partition coefficient (Wildman–Crippen LogP) is 4.29. The summed E-state index contributed by atoms with van der Waals surface area (Å²) >= 11 is 5.93. The standard InChI is InChI=1S/C20H23ClN4O2/c1-4-16-19(24(3)20(26)22-5-2)25-12-6-7-17(18(25)23-16)27-13-14-8-10-15(21)11-9-14/h6-12H,4-5,13H2,1-3H3,(H,22,26). The van der Waals surface area contributed by atoms with Gasteiger partial charge in [0.2, 0.25) is 0 Å². The minimum absolute atomic E-state index is 0.165. The molecule has 27 heavy (non-hydrogen) atoms. The van der Waals surface area contributed by atoms with Crippen LogP contribution in [0.25, 0.3) is 5.65 Å². The van der Waals surface area contributed by atoms with Crippen LogP contribution in [0.15, 0.2) is 42.6 Å². The van der Waals surface area contributed by atoms with Crippen LogP contribution >= 0.6 is 11.6 Å². The molecule has 3 rings (SSSR count). The Kier molecular flexibility index (Phi) is 5.86. The number of hydrogen-bond acceptors (Lipinski definition) is 3. The fourth-order valence-electron chi connectivity index (χ4n) is 2.89. The van der Waals surface area contributed by atoms with Crippen LogP contribution < -0.4 is 15.0 Å². The number of nitrogens with one attached hydrogen (secondary N) is 1. The number of rotatable bonds is 6. The molecule has 1 aromatic carbocycles. The summed E-state index contributed by atoms with van der Waals surface area (Å²) in [6.45, 7) is 4.89. The zero-order valence-electron chi connectivity index (χ0n) is 15.7. The minimum Gasteiger partial charge on any atom is -0.485 e. The van der Waals surface area contributed by atoms with E-state index in [4.69, 9.17) is 21.3 Å². The number of imidazole rings is 1. The summed E-state index contributed by atoms with van der Waals surface area (Å²) in [6.07, 6.45) is 2.60. The van der Waals surface area contributed by atoms with Gasteiger partial charge in [-0.15, -0.1) is 0 Å². The monoisotopic (exact) mass is 386 g/mol. The van der Waals surface area contributed by atoms with Gasteiger partial charge in [-0.3, -0.25) is 9.30 Å². The number of halogens is 1. The molecule has 1 N–H and O–H groups in total. The van der Waals surface area contributed by atoms with Gasteiger partial charge >= 0.3 is 6.03 Å². The number of fused-ring (bicyclic) bond motifs is 1. The molecule has 2 heterocycles. The first-order valence-electron chi connectivity index (χ1n) is 8.93. The number of ether oxygens (including phenoxy) is 1. The lowest BCUT2D eigenvalue weighted by Gasteiger charge is -2.18. The first-order chi connectivity index (χ1) is 13.0. The second-order valence-corrected chi connectivity index (χ2v) is 6.55. The third-order valence-electron chi connectivity index (χ3n) is 4.25. The lowest BCUT2D eigenvalue weighted by Crippen LogP contribution is -2.38. The molecule has 0 aliphatic carbocycles. The van der Waals surface area contributed by atoms with E-state index < -0.39 is 0 Å². The molecule has 0 fully saturated rings. The van der Waals surface area contributed by atoms with Crippen LogP contribution in [-0.4, -0.2) is 29.0 Å². The van der Waals surface area contributed by atoms with E-state index in [1.54, 1.807) is 11.9 Å². The van der Waals surface area contributed by atoms with Crippen molar-refractivity contribution < 1.29 is 9.53 Å². The molecule has 0 bridgehead atoms. The molecule has 0 saturated heterocycles. The molecule has 2 aromatic heterocycles. The zero-order valence-corrected chi connectivity index (χ0v) is 16.5. The number of aryl methyl sites for hydroxylation is 1. The minimum atomic E-state index is -0.165. The van der Waals surface area contributed by atoms with Crippen LogP contribution in [0.2, 0.25) is 5.02 Å². The molecule has 0 atom stereocenters. The average molecular weight is 387 g/mol. The lowest BCUT2D eigenvalue weighted by molar-refractivity contribution is 0.248. The van der Waals surface area contributed by atoms with Gasteiger partial charge in [0.1, 0.15) is 12.4 Å². The Morgan fingerprint density at radius 2 is 2.00 bits per heavy atom. The molecule has 142 valence electrons. The first-order valence-corrected chi connectivity index (χ1v) is 9.31. The SMILES string of the molecule is CCNC(=O)N(C)c1c(CC)nc2c(OCc3ccc(Cl)cc3)cccn12. The van der Waals surface area contributed by atoms with Gasteiger partial charge in [0.25, 0.3) is 0 Å². The molecule has 6 nitrogen and oxygen atoms in total. The Hall–Kier alpha value is -2.73. The van der Waals surface area contributed by atoms with E-state index in [0.29, 0.717) is 36.0 Å². The smallest absolute Gasteiger partial charge is 0.322 e. The van der Waals surface area contributed by atoms with Gasteiger partial charge in [-0.05, 0) is 43.2 Å². The number of hydrogen-bond donors (Lipinski definition) is 1. The second-order valence-electron chi connectivity index (χ2n) is 6.11. The van der Waals surface area contributed by atoms with Crippen molar-refractivity contribution in [3.8, 4) is 5.75 Å². The maximum absolute atomic E-state index is 12.3. The van der Waals surface area contributed by atoms with Gasteiger partial charge in [0.05, 0.1) is 5.69 Å². The fraction of sp³-hybridized carbons (Fsp3) is 0.300. The van der Waals surface area contributed by atoms with E-state index in [2.05, 4.69) is 5.32 Å². The van der Waals surface area contributed by atoms with E-state index in [0.717, 1.165) is 17.1 Å². The summed E-state index contributed by atoms with van der Waals surface area (Å²) < 4.78 is 7.89. The van der Waals surface area contributed by atoms with E-state index >= 15 is 0 Å². The number of pyridine rings is 1. The van der Waals surface area contributed by atoms with Crippen molar-refractivity contribution >= 4 is 29.1 Å². The highest BCUT2D eigenvalue weighted by atomic mass is 35.5. The Bertz CT molecular complexity index is 937. The van der Waals surface area contributed by atoms with Crippen LogP contribution in [0, 0.1) is 0 Å². The third kappa shape index (κ3) is 4.01. The van der Waals surface area contributed by atoms with Gasteiger partial charge in [-0.1, -0.05) is 30.7 Å². The van der Waals surface area contributed by atoms with Crippen LogP contribution in [-0.2, 0) is 13.0 Å². The highest BCUT2D eigenvalue weighted by Crippen LogP contribution is 2.28. The molecular weight excluding hydrogens is 364 g/mol. The Morgan fingerprint density at radius 3 is 2.67 bits per heavy atom. The molecule has 0 saturated carbocycles. The van der Waals surface area contributed by atoms with Crippen molar-refractivity contribution in [1.82, 2.24) is 14.7 Å². The van der Waals surface area contributed by atoms with Crippen LogP contribution in [0.5, 0.6) is 5.75 Å². The van der Waals surface area contributed by atoms with E-state index in [1.807, 2.05) is 60.8 Å². The van der Waals surface area contributed by atoms with Gasteiger partial charge in [-0.2, -0.15) is 0 Å². The molecular formula is C20H23ClN4O2. The largest absolute Gasteiger partial charge is 0.485 e. The van der Waals surface area contributed by atoms with Crippen molar-refractivity contribution in [2.45, 2.75) is 26.9 Å². The number of nitrogens with zero attached hydrogens (tertiary/aromatic N) is 3. The highest BCUT2D eigenvalue weighted by Gasteiger charge is 2.21. The number of benzene rings is 1. The Labute approximate surface area is 163 Å². The van der Waals surface area contributed by atoms with Gasteiger partial charge in [0.15, 0.2) is 11.4 Å². The van der Waals surface area contributed by atoms with E-state index in [1.165, 1.54) is 0 Å². The summed E-state index contributed by atoms with van der Waals surface area (Å²) in [5.74, 6) is 1.41. The fourth-order valence-corrected chi connectivity index (χ4v) is 3.02. The van der Waals surface area contributed by atoms with Crippen molar-refractivity contribution in [2.75, 3.05) is 18.5 Å². The topological polar surface area (TPSA) is 58.9 Å². The summed E-state index contributed by atoms with van der Waals surface area (Å²) in [5.41, 5.74) is 2.55. The average Bonchev–Trinajstić information content (AvgIpc) is 3.06. The molecule has 0 aliphatic rings. The first kappa shape index (κ1) is 19.0. The van der Waals surface area contributed by atoms with E-state index in [-0.39, 0.29) is 6.03 Å². The quantitative estimate of drug-likeness (QED) is 0.687. The van der Waals surface area contributed by atoms with E-state index in [9.17, 15) is 4.79 Å². The number of carbonyl (C=O) groups is 1. The van der Waals surface area contributed by atoms with Crippen molar-refractivity contribution in [3.63, 3.8) is 0 Å². The number of carbonyl (C=O) groups excluding carboxylic acids is 1. The maximum Gasteiger partial charge on any atom is 0.322 e. The van der Waals surface area contributed by atoms with Gasteiger partial charge in [-0.25, -0.2) is 9.78 Å². The van der Waals surface area contributed by atoms with Crippen molar-refractivity contribution in [3.05, 3.63) is 58.9 Å². The second kappa shape index (κ2) is 8.31. The third-order valence-corrected chi connectivity index (χ3v) is 4.50. The predicted molar refractivity (Wildman–Crippen MR) is 108 cm³/mol. The number of urea groups is 1. The molecule has 0 aliphatic heterocycles. The lowest BCUT2D eigenvalue weighted by atomic mass is 10.2. The molecule has 0 radical (unpaired) electrons. The van der Waals surface area contributed by atoms with Crippen molar-refractivity contribution in [1.29, 1.82) is 0 Å². The van der Waals surface area contributed by atoms with Gasteiger partial charge < -0.3 is 10.1 Å². The summed E-state index contributed by atoms with van der Waals surface area (Å²) in [5, 5.41) is 3.51.